The van der Waals surface area contributed by atoms with Crippen LogP contribution in [0.4, 0.5) is 5.69 Å². The molecule has 1 heterocycles. The number of nitrogens with two attached hydrogens (primary N) is 1. The number of hydrogen-bond acceptors (Lipinski definition) is 4. The van der Waals surface area contributed by atoms with Crippen LogP contribution in [0.3, 0.4) is 0 Å². The average Bonchev–Trinajstić information content (AvgIpc) is 2.88. The maximum Gasteiger partial charge on any atom is 0.244 e. The average molecular weight is 319 g/mol. The number of halogens is 1. The highest BCUT2D eigenvalue weighted by Gasteiger charge is 2.35. The van der Waals surface area contributed by atoms with Crippen LogP contribution in [-0.4, -0.2) is 37.0 Å². The van der Waals surface area contributed by atoms with Gasteiger partial charge >= 0.3 is 0 Å². The van der Waals surface area contributed by atoms with Crippen molar-refractivity contribution < 1.29 is 13.5 Å². The van der Waals surface area contributed by atoms with E-state index in [0.717, 1.165) is 12.8 Å². The minimum atomic E-state index is -3.63. The van der Waals surface area contributed by atoms with Crippen molar-refractivity contribution in [3.8, 4) is 0 Å². The molecule has 0 bridgehead atoms. The maximum atomic E-state index is 12.7. The summed E-state index contributed by atoms with van der Waals surface area (Å²) in [5.41, 5.74) is 6.04. The highest BCUT2D eigenvalue weighted by atomic mass is 35.5. The molecule has 1 atom stereocenters. The van der Waals surface area contributed by atoms with Gasteiger partial charge in [0.05, 0.1) is 5.02 Å². The topological polar surface area (TPSA) is 83.6 Å². The number of aliphatic hydroxyl groups is 1. The molecule has 112 valence electrons. The lowest BCUT2D eigenvalue weighted by Crippen LogP contribution is -2.35. The molecule has 0 radical (unpaired) electrons. The lowest BCUT2D eigenvalue weighted by atomic mass is 10.1. The Bertz CT molecular complexity index is 577. The van der Waals surface area contributed by atoms with Gasteiger partial charge in [0, 0.05) is 24.9 Å². The quantitative estimate of drug-likeness (QED) is 0.811. The second-order valence-electron chi connectivity index (χ2n) is 4.97. The molecule has 2 rings (SSSR count). The number of aliphatic hydroxyl groups excluding tert-OH is 1. The van der Waals surface area contributed by atoms with Gasteiger partial charge in [0.15, 0.2) is 0 Å². The molecule has 1 aromatic rings. The fraction of sp³-hybridized carbons (Fsp3) is 0.538. The van der Waals surface area contributed by atoms with Crippen molar-refractivity contribution in [3.63, 3.8) is 0 Å². The van der Waals surface area contributed by atoms with Gasteiger partial charge in [0.25, 0.3) is 0 Å². The van der Waals surface area contributed by atoms with Gasteiger partial charge in [-0.3, -0.25) is 0 Å². The number of nitrogens with zero attached hydrogens (tertiary/aromatic N) is 1. The summed E-state index contributed by atoms with van der Waals surface area (Å²) < 4.78 is 26.9. The Morgan fingerprint density at radius 3 is 2.90 bits per heavy atom. The molecular formula is C13H19ClN2O3S. The van der Waals surface area contributed by atoms with Crippen molar-refractivity contribution in [1.82, 2.24) is 4.31 Å². The molecule has 7 heteroatoms. The van der Waals surface area contributed by atoms with E-state index in [9.17, 15) is 8.42 Å². The van der Waals surface area contributed by atoms with Crippen LogP contribution in [0.25, 0.3) is 0 Å². The molecule has 0 spiro atoms. The van der Waals surface area contributed by atoms with Crippen LogP contribution in [0.15, 0.2) is 23.1 Å². The molecule has 3 N–H and O–H groups in total. The van der Waals surface area contributed by atoms with Crippen LogP contribution in [0.2, 0.25) is 5.02 Å². The van der Waals surface area contributed by atoms with Crippen LogP contribution in [0.5, 0.6) is 0 Å². The van der Waals surface area contributed by atoms with Gasteiger partial charge in [-0.15, -0.1) is 0 Å². The Labute approximate surface area is 124 Å². The predicted octanol–water partition coefficient (Wildman–Crippen LogP) is 1.85. The van der Waals surface area contributed by atoms with Crippen LogP contribution in [0, 0.1) is 0 Å². The van der Waals surface area contributed by atoms with E-state index < -0.39 is 10.0 Å². The molecule has 0 aromatic heterocycles. The van der Waals surface area contributed by atoms with E-state index >= 15 is 0 Å². The van der Waals surface area contributed by atoms with E-state index in [1.54, 1.807) is 6.07 Å². The second kappa shape index (κ2) is 6.30. The van der Waals surface area contributed by atoms with Gasteiger partial charge in [0.2, 0.25) is 10.0 Å². The fourth-order valence-corrected chi connectivity index (χ4v) is 4.82. The van der Waals surface area contributed by atoms with Gasteiger partial charge in [-0.1, -0.05) is 11.6 Å². The van der Waals surface area contributed by atoms with E-state index in [2.05, 4.69) is 0 Å². The number of rotatable bonds is 5. The Kier molecular flexibility index (Phi) is 4.90. The molecule has 0 saturated carbocycles. The molecule has 0 aliphatic carbocycles. The summed E-state index contributed by atoms with van der Waals surface area (Å²) >= 11 is 6.01. The maximum absolute atomic E-state index is 12.7. The van der Waals surface area contributed by atoms with Crippen LogP contribution < -0.4 is 5.73 Å². The summed E-state index contributed by atoms with van der Waals surface area (Å²) in [5, 5.41) is 9.09. The van der Waals surface area contributed by atoms with Crippen molar-refractivity contribution >= 4 is 27.3 Å². The lowest BCUT2D eigenvalue weighted by molar-refractivity contribution is 0.264. The highest BCUT2D eigenvalue weighted by Crippen LogP contribution is 2.32. The molecule has 20 heavy (non-hydrogen) atoms. The molecule has 1 aliphatic rings. The van der Waals surface area contributed by atoms with Crippen LogP contribution in [-0.2, 0) is 10.0 Å². The normalized spacial score (nSPS) is 20.4. The zero-order chi connectivity index (χ0) is 14.8. The third-order valence-electron chi connectivity index (χ3n) is 3.56. The van der Waals surface area contributed by atoms with Gasteiger partial charge in [0.1, 0.15) is 4.90 Å². The standard InChI is InChI=1S/C13H19ClN2O3S/c14-12-6-5-10(15)9-13(12)20(18,19)16-7-1-3-11(16)4-2-8-17/h5-6,9,11,17H,1-4,7-8,15H2. The van der Waals surface area contributed by atoms with Gasteiger partial charge < -0.3 is 10.8 Å². The first-order valence-corrected chi connectivity index (χ1v) is 8.46. The van der Waals surface area contributed by atoms with E-state index in [1.807, 2.05) is 0 Å². The minimum Gasteiger partial charge on any atom is -0.399 e. The molecule has 1 aromatic carbocycles. The van der Waals surface area contributed by atoms with E-state index in [0.29, 0.717) is 25.1 Å². The Hall–Kier alpha value is -0.820. The summed E-state index contributed by atoms with van der Waals surface area (Å²) in [7, 11) is -3.63. The van der Waals surface area contributed by atoms with E-state index in [4.69, 9.17) is 22.4 Å². The first-order valence-electron chi connectivity index (χ1n) is 6.64. The summed E-state index contributed by atoms with van der Waals surface area (Å²) in [6.45, 7) is 0.562. The molecule has 1 fully saturated rings. The zero-order valence-electron chi connectivity index (χ0n) is 11.1. The molecular weight excluding hydrogens is 300 g/mol. The molecule has 1 aliphatic heterocycles. The summed E-state index contributed by atoms with van der Waals surface area (Å²) in [6, 6.07) is 4.42. The summed E-state index contributed by atoms with van der Waals surface area (Å²) in [6.07, 6.45) is 2.91. The lowest BCUT2D eigenvalue weighted by Gasteiger charge is -2.24. The van der Waals surface area contributed by atoms with E-state index in [1.165, 1.54) is 16.4 Å². The number of benzene rings is 1. The van der Waals surface area contributed by atoms with Gasteiger partial charge in [-0.05, 0) is 43.9 Å². The molecule has 1 unspecified atom stereocenters. The van der Waals surface area contributed by atoms with Crippen molar-refractivity contribution in [2.45, 2.75) is 36.6 Å². The van der Waals surface area contributed by atoms with Gasteiger partial charge in [-0.2, -0.15) is 4.31 Å². The predicted molar refractivity (Wildman–Crippen MR) is 79.1 cm³/mol. The summed E-state index contributed by atoms with van der Waals surface area (Å²) in [4.78, 5) is 0.0649. The first-order chi connectivity index (χ1) is 9.46. The number of anilines is 1. The highest BCUT2D eigenvalue weighted by molar-refractivity contribution is 7.89. The van der Waals surface area contributed by atoms with Crippen molar-refractivity contribution in [2.24, 2.45) is 0 Å². The largest absolute Gasteiger partial charge is 0.399 e. The number of hydrogen-bond donors (Lipinski definition) is 2. The SMILES string of the molecule is Nc1ccc(Cl)c(S(=O)(=O)N2CCCC2CCCO)c1. The molecule has 5 nitrogen and oxygen atoms in total. The fourth-order valence-electron chi connectivity index (χ4n) is 2.58. The Morgan fingerprint density at radius 1 is 1.45 bits per heavy atom. The third-order valence-corrected chi connectivity index (χ3v) is 5.99. The summed E-state index contributed by atoms with van der Waals surface area (Å²) in [5.74, 6) is 0. The Balaban J connectivity index is 2.31. The van der Waals surface area contributed by atoms with Crippen molar-refractivity contribution in [2.75, 3.05) is 18.9 Å². The van der Waals surface area contributed by atoms with Crippen molar-refractivity contribution in [3.05, 3.63) is 23.2 Å². The molecule has 0 amide bonds. The van der Waals surface area contributed by atoms with Crippen LogP contribution >= 0.6 is 11.6 Å². The second-order valence-corrected chi connectivity index (χ2v) is 7.23. The molecule has 1 saturated heterocycles. The Morgan fingerprint density at radius 2 is 2.20 bits per heavy atom. The van der Waals surface area contributed by atoms with Crippen molar-refractivity contribution in [1.29, 1.82) is 0 Å². The van der Waals surface area contributed by atoms with Gasteiger partial charge in [-0.25, -0.2) is 8.42 Å². The zero-order valence-corrected chi connectivity index (χ0v) is 12.7. The smallest absolute Gasteiger partial charge is 0.244 e. The monoisotopic (exact) mass is 318 g/mol. The third kappa shape index (κ3) is 3.09. The minimum absolute atomic E-state index is 0.0649. The number of nitrogen functional groups attached to an aromatic ring is 1. The number of sulfonamides is 1. The first kappa shape index (κ1) is 15.6. The van der Waals surface area contributed by atoms with Crippen LogP contribution in [0.1, 0.15) is 25.7 Å². The van der Waals surface area contributed by atoms with E-state index in [-0.39, 0.29) is 22.6 Å².